The summed E-state index contributed by atoms with van der Waals surface area (Å²) in [7, 11) is 0. The van der Waals surface area contributed by atoms with E-state index in [2.05, 4.69) is 31.9 Å². The second-order valence-electron chi connectivity index (χ2n) is 8.41. The minimum atomic E-state index is -1.13. The van der Waals surface area contributed by atoms with Crippen LogP contribution in [0.1, 0.15) is 40.5 Å². The molecule has 34 heavy (non-hydrogen) atoms. The number of halogens is 4. The minimum Gasteiger partial charge on any atom is -0.292 e. The van der Waals surface area contributed by atoms with Gasteiger partial charge in [0.15, 0.2) is 5.78 Å². The Labute approximate surface area is 223 Å². The number of alkyl halides is 2. The highest BCUT2D eigenvalue weighted by molar-refractivity contribution is 9.12. The molecule has 0 radical (unpaired) electrons. The first kappa shape index (κ1) is 25.4. The number of carbonyl (C=O) groups is 4. The van der Waals surface area contributed by atoms with Crippen LogP contribution >= 0.6 is 55.1 Å². The number of carbonyl (C=O) groups excluding carboxylic acids is 4. The third kappa shape index (κ3) is 4.70. The molecule has 178 valence electrons. The zero-order valence-corrected chi connectivity index (χ0v) is 22.6. The van der Waals surface area contributed by atoms with Gasteiger partial charge in [-0.1, -0.05) is 55.1 Å². The maximum atomic E-state index is 13.6. The first-order valence-corrected chi connectivity index (χ1v) is 13.2. The zero-order chi connectivity index (χ0) is 24.7. The van der Waals surface area contributed by atoms with Crippen molar-refractivity contribution in [1.29, 1.82) is 0 Å². The molecule has 0 spiro atoms. The van der Waals surface area contributed by atoms with E-state index in [1.54, 1.807) is 24.3 Å². The van der Waals surface area contributed by atoms with Crippen molar-refractivity contribution in [2.75, 3.05) is 0 Å². The monoisotopic (exact) mass is 628 g/mol. The van der Waals surface area contributed by atoms with Gasteiger partial charge in [0.05, 0.1) is 11.8 Å². The number of hydrogen-bond donors (Lipinski definition) is 0. The molecule has 5 atom stereocenters. The van der Waals surface area contributed by atoms with Crippen LogP contribution < -0.4 is 0 Å². The Balaban J connectivity index is 1.74. The Hall–Kier alpha value is -1.74. The molecular weight excluding hydrogens is 611 g/mol. The molecule has 1 saturated heterocycles. The number of fused-ring (bicyclic) bond motifs is 1. The van der Waals surface area contributed by atoms with Crippen LogP contribution in [0.5, 0.6) is 0 Å². The van der Waals surface area contributed by atoms with Gasteiger partial charge in [-0.05, 0) is 68.3 Å². The Kier molecular flexibility index (Phi) is 7.53. The fourth-order valence-electron chi connectivity index (χ4n) is 4.42. The number of amides is 3. The fourth-order valence-corrected chi connectivity index (χ4v) is 5.91. The van der Waals surface area contributed by atoms with Crippen molar-refractivity contribution in [3.05, 3.63) is 69.7 Å². The number of Topliss-reactive ketones (excluding diaryl/α,β-unsaturated/α-hetero) is 1. The predicted octanol–water partition coefficient (Wildman–Crippen LogP) is 5.54. The number of imide groups is 1. The zero-order valence-electron chi connectivity index (χ0n) is 18.0. The second-order valence-corrected chi connectivity index (χ2v) is 11.6. The van der Waals surface area contributed by atoms with Crippen LogP contribution in [0.15, 0.2) is 48.5 Å². The third-order valence-corrected chi connectivity index (χ3v) is 9.52. The summed E-state index contributed by atoms with van der Waals surface area (Å²) in [6.07, 6.45) is 0.897. The number of hydrogen-bond acceptors (Lipinski definition) is 4. The maximum absolute atomic E-state index is 13.6. The van der Waals surface area contributed by atoms with Crippen molar-refractivity contribution >= 4 is 78.6 Å². The minimum absolute atomic E-state index is 0.0130. The van der Waals surface area contributed by atoms with Crippen LogP contribution in [-0.4, -0.2) is 49.2 Å². The predicted molar refractivity (Wildman–Crippen MR) is 136 cm³/mol. The molecule has 1 aliphatic carbocycles. The van der Waals surface area contributed by atoms with Crippen LogP contribution in [0.25, 0.3) is 0 Å². The number of benzene rings is 2. The molecule has 3 amide bonds. The van der Waals surface area contributed by atoms with Crippen molar-refractivity contribution in [2.45, 2.75) is 35.5 Å². The van der Waals surface area contributed by atoms with Gasteiger partial charge in [0.25, 0.3) is 17.7 Å². The van der Waals surface area contributed by atoms with Gasteiger partial charge in [0, 0.05) is 30.8 Å². The summed E-state index contributed by atoms with van der Waals surface area (Å²) in [6, 6.07) is 11.2. The Morgan fingerprint density at radius 2 is 1.26 bits per heavy atom. The molecule has 1 heterocycles. The Bertz CT molecular complexity index is 1110. The van der Waals surface area contributed by atoms with E-state index in [1.165, 1.54) is 31.2 Å². The summed E-state index contributed by atoms with van der Waals surface area (Å²) in [5.74, 6) is -3.15. The van der Waals surface area contributed by atoms with Gasteiger partial charge < -0.3 is 0 Å². The number of ketones is 1. The molecule has 0 bridgehead atoms. The summed E-state index contributed by atoms with van der Waals surface area (Å²) >= 11 is 19.1. The molecule has 1 saturated carbocycles. The smallest absolute Gasteiger partial charge is 0.273 e. The lowest BCUT2D eigenvalue weighted by Crippen LogP contribution is -2.56. The number of rotatable bonds is 5. The lowest BCUT2D eigenvalue weighted by Gasteiger charge is -2.34. The van der Waals surface area contributed by atoms with Gasteiger partial charge in [0.1, 0.15) is 6.04 Å². The van der Waals surface area contributed by atoms with Gasteiger partial charge in [-0.25, -0.2) is 5.01 Å². The Morgan fingerprint density at radius 1 is 0.853 bits per heavy atom. The van der Waals surface area contributed by atoms with Gasteiger partial charge >= 0.3 is 0 Å². The van der Waals surface area contributed by atoms with E-state index in [1.807, 2.05) is 0 Å². The molecule has 2 aromatic rings. The standard InChI is InChI=1S/C24H20Br2Cl2N2O4/c1-12(21(31)13-2-6-15(27)7-3-13)29(22(32)14-4-8-16(28)9-5-14)30-23(33)17-10-19(25)20(26)11-18(17)24(30)34/h2-9,12,17-20H,10-11H2,1H3/t12-,17-,18-,19-,20+/m1/s1. The van der Waals surface area contributed by atoms with Crippen LogP contribution in [0.2, 0.25) is 10.0 Å². The molecule has 10 heteroatoms. The van der Waals surface area contributed by atoms with Gasteiger partial charge in [-0.2, -0.15) is 5.01 Å². The van der Waals surface area contributed by atoms with E-state index in [0.717, 1.165) is 10.0 Å². The maximum Gasteiger partial charge on any atom is 0.273 e. The van der Waals surface area contributed by atoms with Crippen molar-refractivity contribution in [3.8, 4) is 0 Å². The average molecular weight is 631 g/mol. The molecule has 4 rings (SSSR count). The van der Waals surface area contributed by atoms with Gasteiger partial charge in [-0.3, -0.25) is 19.2 Å². The van der Waals surface area contributed by atoms with Crippen LogP contribution in [0, 0.1) is 11.8 Å². The molecule has 0 aromatic heterocycles. The highest BCUT2D eigenvalue weighted by Gasteiger charge is 2.55. The van der Waals surface area contributed by atoms with Crippen molar-refractivity contribution in [1.82, 2.24) is 10.0 Å². The van der Waals surface area contributed by atoms with E-state index >= 15 is 0 Å². The highest BCUT2D eigenvalue weighted by Crippen LogP contribution is 2.44. The van der Waals surface area contributed by atoms with E-state index in [0.29, 0.717) is 28.5 Å². The average Bonchev–Trinajstić information content (AvgIpc) is 3.04. The molecule has 1 aliphatic heterocycles. The normalized spacial score (nSPS) is 25.1. The van der Waals surface area contributed by atoms with Gasteiger partial charge in [0.2, 0.25) is 0 Å². The highest BCUT2D eigenvalue weighted by atomic mass is 79.9. The molecular formula is C24H20Br2Cl2N2O4. The number of hydrazine groups is 1. The molecule has 2 fully saturated rings. The van der Waals surface area contributed by atoms with E-state index in [4.69, 9.17) is 23.2 Å². The van der Waals surface area contributed by atoms with Crippen molar-refractivity contribution < 1.29 is 19.2 Å². The quantitative estimate of drug-likeness (QED) is 0.247. The SMILES string of the molecule is C[C@H](C(=O)c1ccc(Cl)cc1)N(C(=O)c1ccc(Cl)cc1)N1C(=O)[C@@H]2C[C@@H](Br)[C@@H](Br)C[C@H]2C1=O. The Morgan fingerprint density at radius 3 is 1.71 bits per heavy atom. The first-order chi connectivity index (χ1) is 16.1. The van der Waals surface area contributed by atoms with E-state index in [9.17, 15) is 19.2 Å². The number of nitrogens with zero attached hydrogens (tertiary/aromatic N) is 2. The van der Waals surface area contributed by atoms with E-state index in [-0.39, 0.29) is 15.2 Å². The third-order valence-electron chi connectivity index (χ3n) is 6.28. The topological polar surface area (TPSA) is 74.8 Å². The molecule has 2 aliphatic rings. The lowest BCUT2D eigenvalue weighted by molar-refractivity contribution is -0.156. The first-order valence-electron chi connectivity index (χ1n) is 10.6. The van der Waals surface area contributed by atoms with Crippen LogP contribution in [0.4, 0.5) is 0 Å². The second kappa shape index (κ2) is 10.1. The van der Waals surface area contributed by atoms with E-state index < -0.39 is 41.4 Å². The summed E-state index contributed by atoms with van der Waals surface area (Å²) in [5.41, 5.74) is 0.510. The largest absolute Gasteiger partial charge is 0.292 e. The van der Waals surface area contributed by atoms with Crippen molar-refractivity contribution in [3.63, 3.8) is 0 Å². The van der Waals surface area contributed by atoms with Crippen molar-refractivity contribution in [2.24, 2.45) is 11.8 Å². The fraction of sp³-hybridized carbons (Fsp3) is 0.333. The summed E-state index contributed by atoms with van der Waals surface area (Å²) in [5, 5.41) is 2.77. The van der Waals surface area contributed by atoms with Gasteiger partial charge in [-0.15, -0.1) is 0 Å². The summed E-state index contributed by atoms with van der Waals surface area (Å²) in [6.45, 7) is 1.51. The van der Waals surface area contributed by atoms with Crippen LogP contribution in [0.3, 0.4) is 0 Å². The molecule has 6 nitrogen and oxygen atoms in total. The molecule has 0 N–H and O–H groups in total. The lowest BCUT2D eigenvalue weighted by atomic mass is 9.81. The molecule has 2 aromatic carbocycles. The molecule has 0 unspecified atom stereocenters. The summed E-state index contributed by atoms with van der Waals surface area (Å²) in [4.78, 5) is 54.0. The van der Waals surface area contributed by atoms with Crippen LogP contribution in [-0.2, 0) is 9.59 Å². The summed E-state index contributed by atoms with van der Waals surface area (Å²) < 4.78 is 0.